The monoisotopic (exact) mass is 345 g/mol. The first-order chi connectivity index (χ1) is 11.5. The highest BCUT2D eigenvalue weighted by Gasteiger charge is 2.13. The van der Waals surface area contributed by atoms with Gasteiger partial charge in [0.2, 0.25) is 11.8 Å². The van der Waals surface area contributed by atoms with Crippen LogP contribution in [0.5, 0.6) is 0 Å². The average Bonchev–Trinajstić information content (AvgIpc) is 2.55. The third-order valence-corrected chi connectivity index (χ3v) is 3.83. The van der Waals surface area contributed by atoms with Crippen molar-refractivity contribution >= 4 is 29.1 Å². The Morgan fingerprint density at radius 2 is 2.04 bits per heavy atom. The van der Waals surface area contributed by atoms with E-state index in [0.717, 1.165) is 16.9 Å². The first-order valence-electron chi connectivity index (χ1n) is 7.67. The van der Waals surface area contributed by atoms with Gasteiger partial charge in [0.1, 0.15) is 0 Å². The molecule has 6 heteroatoms. The number of aromatic nitrogens is 1. The molecule has 0 bridgehead atoms. The second kappa shape index (κ2) is 8.45. The summed E-state index contributed by atoms with van der Waals surface area (Å²) >= 11 is 5.91. The number of aryl methyl sites for hydroxylation is 1. The molecule has 0 unspecified atom stereocenters. The van der Waals surface area contributed by atoms with Crippen LogP contribution in [-0.4, -0.2) is 28.2 Å². The van der Waals surface area contributed by atoms with E-state index in [4.69, 9.17) is 11.6 Å². The molecule has 0 spiro atoms. The summed E-state index contributed by atoms with van der Waals surface area (Å²) in [5, 5.41) is 3.47. The second-order valence-corrected chi connectivity index (χ2v) is 5.96. The number of carbonyl (C=O) groups excluding carboxylic acids is 2. The van der Waals surface area contributed by atoms with Crippen LogP contribution < -0.4 is 5.32 Å². The molecular formula is C18H20ClN3O2. The Hall–Kier alpha value is -2.40. The van der Waals surface area contributed by atoms with Crippen LogP contribution in [0, 0.1) is 6.92 Å². The topological polar surface area (TPSA) is 62.3 Å². The van der Waals surface area contributed by atoms with Crippen LogP contribution in [-0.2, 0) is 16.1 Å². The molecule has 0 aliphatic heterocycles. The first-order valence-corrected chi connectivity index (χ1v) is 8.05. The molecule has 0 aliphatic carbocycles. The number of anilines is 1. The zero-order valence-corrected chi connectivity index (χ0v) is 14.5. The fourth-order valence-electron chi connectivity index (χ4n) is 2.25. The summed E-state index contributed by atoms with van der Waals surface area (Å²) in [6.07, 6.45) is 1.90. The Labute approximate surface area is 146 Å². The van der Waals surface area contributed by atoms with E-state index in [1.54, 1.807) is 29.3 Å². The molecule has 126 valence electrons. The number of nitrogens with zero attached hydrogens (tertiary/aromatic N) is 2. The molecule has 1 aromatic heterocycles. The van der Waals surface area contributed by atoms with Gasteiger partial charge in [-0.1, -0.05) is 17.7 Å². The molecule has 0 atom stereocenters. The lowest BCUT2D eigenvalue weighted by Gasteiger charge is -2.20. The number of amides is 2. The van der Waals surface area contributed by atoms with Crippen LogP contribution in [0.4, 0.5) is 5.69 Å². The van der Waals surface area contributed by atoms with E-state index in [1.807, 2.05) is 25.1 Å². The fraction of sp³-hybridized carbons (Fsp3) is 0.278. The predicted molar refractivity (Wildman–Crippen MR) is 94.8 cm³/mol. The Kier molecular flexibility index (Phi) is 6.32. The van der Waals surface area contributed by atoms with E-state index in [9.17, 15) is 9.59 Å². The largest absolute Gasteiger partial charge is 0.337 e. The molecule has 2 aromatic rings. The van der Waals surface area contributed by atoms with Crippen LogP contribution in [0.2, 0.25) is 5.02 Å². The van der Waals surface area contributed by atoms with Crippen LogP contribution in [0.1, 0.15) is 24.6 Å². The van der Waals surface area contributed by atoms with Crippen LogP contribution in [0.3, 0.4) is 0 Å². The Bertz CT molecular complexity index is 719. The highest BCUT2D eigenvalue weighted by molar-refractivity contribution is 6.30. The molecule has 0 saturated carbocycles. The number of hydrogen-bond acceptors (Lipinski definition) is 3. The molecule has 1 aromatic carbocycles. The summed E-state index contributed by atoms with van der Waals surface area (Å²) in [6, 6.07) is 10.8. The standard InChI is InChI=1S/C18H20ClN3O2/c1-13-11-15(19)6-7-17(13)21-18(24)8-10-22(14(2)23)12-16-5-3-4-9-20-16/h3-7,9,11H,8,10,12H2,1-2H3,(H,21,24). The predicted octanol–water partition coefficient (Wildman–Crippen LogP) is 3.42. The van der Waals surface area contributed by atoms with E-state index in [1.165, 1.54) is 6.92 Å². The number of benzene rings is 1. The van der Waals surface area contributed by atoms with Gasteiger partial charge in [-0.25, -0.2) is 0 Å². The molecule has 0 radical (unpaired) electrons. The van der Waals surface area contributed by atoms with Crippen molar-refractivity contribution in [3.8, 4) is 0 Å². The van der Waals surface area contributed by atoms with Gasteiger partial charge in [0, 0.05) is 36.8 Å². The van der Waals surface area contributed by atoms with Crippen LogP contribution >= 0.6 is 11.6 Å². The van der Waals surface area contributed by atoms with E-state index in [2.05, 4.69) is 10.3 Å². The van der Waals surface area contributed by atoms with E-state index in [-0.39, 0.29) is 18.2 Å². The minimum Gasteiger partial charge on any atom is -0.337 e. The van der Waals surface area contributed by atoms with E-state index >= 15 is 0 Å². The third kappa shape index (κ3) is 5.35. The van der Waals surface area contributed by atoms with Gasteiger partial charge in [0.05, 0.1) is 12.2 Å². The maximum Gasteiger partial charge on any atom is 0.226 e. The van der Waals surface area contributed by atoms with Crippen molar-refractivity contribution in [2.45, 2.75) is 26.8 Å². The lowest BCUT2D eigenvalue weighted by Crippen LogP contribution is -2.31. The zero-order valence-electron chi connectivity index (χ0n) is 13.8. The van der Waals surface area contributed by atoms with Crippen molar-refractivity contribution in [1.29, 1.82) is 0 Å². The summed E-state index contributed by atoms with van der Waals surface area (Å²) in [6.45, 7) is 4.10. The Morgan fingerprint density at radius 1 is 1.25 bits per heavy atom. The molecule has 0 aliphatic rings. The maximum atomic E-state index is 12.1. The van der Waals surface area contributed by atoms with Gasteiger partial charge in [0.25, 0.3) is 0 Å². The van der Waals surface area contributed by atoms with Crippen LogP contribution in [0.15, 0.2) is 42.6 Å². The van der Waals surface area contributed by atoms with Gasteiger partial charge >= 0.3 is 0 Å². The second-order valence-electron chi connectivity index (χ2n) is 5.52. The molecule has 24 heavy (non-hydrogen) atoms. The average molecular weight is 346 g/mol. The zero-order chi connectivity index (χ0) is 17.5. The van der Waals surface area contributed by atoms with Crippen molar-refractivity contribution < 1.29 is 9.59 Å². The number of hydrogen-bond donors (Lipinski definition) is 1. The Morgan fingerprint density at radius 3 is 2.67 bits per heavy atom. The van der Waals surface area contributed by atoms with Crippen molar-refractivity contribution in [1.82, 2.24) is 9.88 Å². The molecule has 1 N–H and O–H groups in total. The number of pyridine rings is 1. The summed E-state index contributed by atoms with van der Waals surface area (Å²) in [5.41, 5.74) is 2.41. The molecular weight excluding hydrogens is 326 g/mol. The number of carbonyl (C=O) groups is 2. The maximum absolute atomic E-state index is 12.1. The number of halogens is 1. The lowest BCUT2D eigenvalue weighted by molar-refractivity contribution is -0.130. The minimum absolute atomic E-state index is 0.0869. The molecule has 0 saturated heterocycles. The fourth-order valence-corrected chi connectivity index (χ4v) is 2.48. The molecule has 1 heterocycles. The van der Waals surface area contributed by atoms with Crippen LogP contribution in [0.25, 0.3) is 0 Å². The summed E-state index contributed by atoms with van der Waals surface area (Å²) < 4.78 is 0. The minimum atomic E-state index is -0.146. The van der Waals surface area contributed by atoms with E-state index < -0.39 is 0 Å². The van der Waals surface area contributed by atoms with Gasteiger partial charge in [-0.3, -0.25) is 14.6 Å². The number of rotatable bonds is 6. The van der Waals surface area contributed by atoms with Gasteiger partial charge in [-0.2, -0.15) is 0 Å². The molecule has 2 amide bonds. The van der Waals surface area contributed by atoms with Crippen molar-refractivity contribution in [3.05, 3.63) is 58.9 Å². The van der Waals surface area contributed by atoms with Gasteiger partial charge in [0.15, 0.2) is 0 Å². The first kappa shape index (κ1) is 17.9. The molecule has 5 nitrogen and oxygen atoms in total. The Balaban J connectivity index is 1.91. The van der Waals surface area contributed by atoms with Crippen molar-refractivity contribution in [2.75, 3.05) is 11.9 Å². The normalized spacial score (nSPS) is 10.3. The molecule has 0 fully saturated rings. The summed E-state index contributed by atoms with van der Waals surface area (Å²) in [4.78, 5) is 29.7. The van der Waals surface area contributed by atoms with Crippen molar-refractivity contribution in [3.63, 3.8) is 0 Å². The SMILES string of the molecule is CC(=O)N(CCC(=O)Nc1ccc(Cl)cc1C)Cc1ccccn1. The number of nitrogens with one attached hydrogen (secondary N) is 1. The van der Waals surface area contributed by atoms with Gasteiger partial charge in [-0.15, -0.1) is 0 Å². The lowest BCUT2D eigenvalue weighted by atomic mass is 10.2. The van der Waals surface area contributed by atoms with Crippen molar-refractivity contribution in [2.24, 2.45) is 0 Å². The summed E-state index contributed by atoms with van der Waals surface area (Å²) in [7, 11) is 0. The van der Waals surface area contributed by atoms with Gasteiger partial charge < -0.3 is 10.2 Å². The van der Waals surface area contributed by atoms with E-state index in [0.29, 0.717) is 18.1 Å². The highest BCUT2D eigenvalue weighted by atomic mass is 35.5. The molecule has 2 rings (SSSR count). The third-order valence-electron chi connectivity index (χ3n) is 3.60. The highest BCUT2D eigenvalue weighted by Crippen LogP contribution is 2.19. The van der Waals surface area contributed by atoms with Gasteiger partial charge in [-0.05, 0) is 42.8 Å². The quantitative estimate of drug-likeness (QED) is 0.872. The summed E-state index contributed by atoms with van der Waals surface area (Å²) in [5.74, 6) is -0.233. The smallest absolute Gasteiger partial charge is 0.226 e.